The van der Waals surface area contributed by atoms with E-state index in [1.54, 1.807) is 0 Å². The monoisotopic (exact) mass is 239 g/mol. The molecule has 0 unspecified atom stereocenters. The van der Waals surface area contributed by atoms with Gasteiger partial charge in [0.15, 0.2) is 0 Å². The number of benzene rings is 1. The fourth-order valence-corrected chi connectivity index (χ4v) is 1.66. The van der Waals surface area contributed by atoms with Gasteiger partial charge in [0.05, 0.1) is 0 Å². The molecule has 0 fully saturated rings. The van der Waals surface area contributed by atoms with Crippen molar-refractivity contribution in [2.75, 3.05) is 18.5 Å². The van der Waals surface area contributed by atoms with Crippen molar-refractivity contribution in [3.05, 3.63) is 73.4 Å². The predicted molar refractivity (Wildman–Crippen MR) is 82.9 cm³/mol. The summed E-state index contributed by atoms with van der Waals surface area (Å²) in [6.07, 6.45) is 13.0. The molecule has 1 heteroatoms. The van der Waals surface area contributed by atoms with Crippen LogP contribution in [0.2, 0.25) is 0 Å². The zero-order valence-corrected chi connectivity index (χ0v) is 11.0. The van der Waals surface area contributed by atoms with Crippen LogP contribution in [-0.2, 0) is 0 Å². The lowest BCUT2D eigenvalue weighted by molar-refractivity contribution is 1.03. The molecule has 0 spiro atoms. The SMILES string of the molecule is C=CC/C=C\C=C/CN(C)c1ccccc1C=C. The van der Waals surface area contributed by atoms with Crippen molar-refractivity contribution >= 4 is 11.8 Å². The molecule has 0 aliphatic carbocycles. The highest BCUT2D eigenvalue weighted by atomic mass is 15.1. The van der Waals surface area contributed by atoms with Crippen LogP contribution in [0, 0.1) is 0 Å². The normalized spacial score (nSPS) is 10.9. The van der Waals surface area contributed by atoms with E-state index in [1.807, 2.05) is 24.3 Å². The van der Waals surface area contributed by atoms with E-state index in [0.29, 0.717) is 0 Å². The van der Waals surface area contributed by atoms with Crippen LogP contribution in [0.25, 0.3) is 6.08 Å². The Morgan fingerprint density at radius 1 is 1.11 bits per heavy atom. The lowest BCUT2D eigenvalue weighted by atomic mass is 10.1. The average Bonchev–Trinajstić information content (AvgIpc) is 2.42. The molecule has 0 aliphatic heterocycles. The molecule has 0 aliphatic rings. The largest absolute Gasteiger partial charge is 0.370 e. The van der Waals surface area contributed by atoms with Crippen LogP contribution in [0.1, 0.15) is 12.0 Å². The Morgan fingerprint density at radius 3 is 2.56 bits per heavy atom. The number of likely N-dealkylation sites (N-methyl/N-ethyl adjacent to an activating group) is 1. The van der Waals surface area contributed by atoms with Crippen molar-refractivity contribution in [2.24, 2.45) is 0 Å². The summed E-state index contributed by atoms with van der Waals surface area (Å²) < 4.78 is 0. The van der Waals surface area contributed by atoms with E-state index in [2.05, 4.69) is 61.5 Å². The maximum absolute atomic E-state index is 3.84. The quantitative estimate of drug-likeness (QED) is 0.502. The molecule has 0 amide bonds. The predicted octanol–water partition coefficient (Wildman–Crippen LogP) is 4.45. The van der Waals surface area contributed by atoms with Gasteiger partial charge >= 0.3 is 0 Å². The summed E-state index contributed by atoms with van der Waals surface area (Å²) in [7, 11) is 2.08. The van der Waals surface area contributed by atoms with Gasteiger partial charge in [-0.05, 0) is 18.1 Å². The first-order chi connectivity index (χ1) is 8.79. The molecule has 18 heavy (non-hydrogen) atoms. The second-order valence-electron chi connectivity index (χ2n) is 4.02. The van der Waals surface area contributed by atoms with Crippen molar-refractivity contribution in [3.63, 3.8) is 0 Å². The van der Waals surface area contributed by atoms with Gasteiger partial charge in [-0.2, -0.15) is 0 Å². The van der Waals surface area contributed by atoms with E-state index >= 15 is 0 Å². The fraction of sp³-hybridized carbons (Fsp3) is 0.176. The summed E-state index contributed by atoms with van der Waals surface area (Å²) in [6, 6.07) is 8.26. The van der Waals surface area contributed by atoms with E-state index in [-0.39, 0.29) is 0 Å². The molecule has 1 nitrogen and oxygen atoms in total. The van der Waals surface area contributed by atoms with Crippen LogP contribution in [-0.4, -0.2) is 13.6 Å². The minimum Gasteiger partial charge on any atom is -0.370 e. The van der Waals surface area contributed by atoms with E-state index < -0.39 is 0 Å². The Morgan fingerprint density at radius 2 is 1.83 bits per heavy atom. The molecule has 0 N–H and O–H groups in total. The van der Waals surface area contributed by atoms with Gasteiger partial charge in [-0.25, -0.2) is 0 Å². The van der Waals surface area contributed by atoms with Crippen molar-refractivity contribution in [3.8, 4) is 0 Å². The fourth-order valence-electron chi connectivity index (χ4n) is 1.66. The van der Waals surface area contributed by atoms with Crippen LogP contribution in [0.15, 0.2) is 67.8 Å². The molecule has 94 valence electrons. The zero-order valence-electron chi connectivity index (χ0n) is 11.0. The summed E-state index contributed by atoms with van der Waals surface area (Å²) in [5.74, 6) is 0. The molecular formula is C17H21N. The van der Waals surface area contributed by atoms with Crippen LogP contribution in [0.5, 0.6) is 0 Å². The van der Waals surface area contributed by atoms with Gasteiger partial charge in [-0.1, -0.05) is 61.2 Å². The standard InChI is InChI=1S/C17H21N/c1-4-6-7-8-9-12-15-18(3)17-14-11-10-13-16(17)5-2/h4-5,7-14H,1-2,6,15H2,3H3/b8-7-,12-9-. The van der Waals surface area contributed by atoms with E-state index in [1.165, 1.54) is 5.69 Å². The first-order valence-electron chi connectivity index (χ1n) is 6.14. The number of hydrogen-bond acceptors (Lipinski definition) is 1. The van der Waals surface area contributed by atoms with Gasteiger partial charge < -0.3 is 4.90 Å². The Hall–Kier alpha value is -2.02. The number of nitrogens with zero attached hydrogens (tertiary/aromatic N) is 1. The van der Waals surface area contributed by atoms with Gasteiger partial charge in [-0.15, -0.1) is 6.58 Å². The summed E-state index contributed by atoms with van der Waals surface area (Å²) in [4.78, 5) is 2.20. The third kappa shape index (κ3) is 4.46. The summed E-state index contributed by atoms with van der Waals surface area (Å²) in [6.45, 7) is 8.39. The Kier molecular flexibility index (Phi) is 6.34. The third-order valence-corrected chi connectivity index (χ3v) is 2.63. The van der Waals surface area contributed by atoms with Crippen LogP contribution < -0.4 is 4.90 Å². The molecule has 0 saturated carbocycles. The van der Waals surface area contributed by atoms with Crippen molar-refractivity contribution in [2.45, 2.75) is 6.42 Å². The molecule has 0 heterocycles. The lowest BCUT2D eigenvalue weighted by Crippen LogP contribution is -2.17. The van der Waals surface area contributed by atoms with Crippen molar-refractivity contribution in [1.29, 1.82) is 0 Å². The molecule has 0 bridgehead atoms. The van der Waals surface area contributed by atoms with Gasteiger partial charge in [-0.3, -0.25) is 0 Å². The van der Waals surface area contributed by atoms with Crippen LogP contribution >= 0.6 is 0 Å². The van der Waals surface area contributed by atoms with Crippen molar-refractivity contribution < 1.29 is 0 Å². The number of anilines is 1. The second kappa shape index (κ2) is 8.13. The van der Waals surface area contributed by atoms with Gasteiger partial charge in [0, 0.05) is 19.3 Å². The Bertz CT molecular complexity index is 441. The molecule has 1 aromatic rings. The molecular weight excluding hydrogens is 218 g/mol. The Labute approximate surface area is 110 Å². The molecule has 0 atom stereocenters. The first-order valence-corrected chi connectivity index (χ1v) is 6.14. The third-order valence-electron chi connectivity index (χ3n) is 2.63. The molecule has 0 radical (unpaired) electrons. The van der Waals surface area contributed by atoms with Crippen LogP contribution in [0.3, 0.4) is 0 Å². The van der Waals surface area contributed by atoms with Crippen molar-refractivity contribution in [1.82, 2.24) is 0 Å². The van der Waals surface area contributed by atoms with E-state index in [0.717, 1.165) is 18.5 Å². The molecule has 1 rings (SSSR count). The van der Waals surface area contributed by atoms with Gasteiger partial charge in [0.1, 0.15) is 0 Å². The number of rotatable bonds is 7. The van der Waals surface area contributed by atoms with E-state index in [9.17, 15) is 0 Å². The Balaban J connectivity index is 2.57. The number of hydrogen-bond donors (Lipinski definition) is 0. The smallest absolute Gasteiger partial charge is 0.0439 e. The summed E-state index contributed by atoms with van der Waals surface area (Å²) in [5, 5.41) is 0. The van der Waals surface area contributed by atoms with Gasteiger partial charge in [0.25, 0.3) is 0 Å². The summed E-state index contributed by atoms with van der Waals surface area (Å²) >= 11 is 0. The molecule has 1 aromatic carbocycles. The highest BCUT2D eigenvalue weighted by molar-refractivity contribution is 5.66. The highest BCUT2D eigenvalue weighted by Crippen LogP contribution is 2.19. The molecule has 0 saturated heterocycles. The maximum atomic E-state index is 3.84. The highest BCUT2D eigenvalue weighted by Gasteiger charge is 2.01. The average molecular weight is 239 g/mol. The number of para-hydroxylation sites is 1. The summed E-state index contributed by atoms with van der Waals surface area (Å²) in [5.41, 5.74) is 2.36. The topological polar surface area (TPSA) is 3.24 Å². The maximum Gasteiger partial charge on any atom is 0.0439 e. The van der Waals surface area contributed by atoms with E-state index in [4.69, 9.17) is 0 Å². The molecule has 0 aromatic heterocycles. The number of allylic oxidation sites excluding steroid dienone is 4. The first kappa shape index (κ1) is 14.0. The van der Waals surface area contributed by atoms with Gasteiger partial charge in [0.2, 0.25) is 0 Å². The minimum atomic E-state index is 0.878. The zero-order chi connectivity index (χ0) is 13.2. The minimum absolute atomic E-state index is 0.878. The second-order valence-corrected chi connectivity index (χ2v) is 4.02. The lowest BCUT2D eigenvalue weighted by Gasteiger charge is -2.19. The van der Waals surface area contributed by atoms with Crippen LogP contribution in [0.4, 0.5) is 5.69 Å².